The molecular weight excluding hydrogens is 353 g/mol. The van der Waals surface area contributed by atoms with Crippen molar-refractivity contribution in [2.45, 2.75) is 19.8 Å². The number of carboxylic acid groups (broad SMARTS) is 1. The third-order valence-electron chi connectivity index (χ3n) is 2.65. The zero-order chi connectivity index (χ0) is 14.9. The molecule has 0 amide bonds. The molecule has 1 heterocycles. The van der Waals surface area contributed by atoms with Gasteiger partial charge in [0, 0.05) is 4.47 Å². The average Bonchev–Trinajstić information content (AvgIpc) is 2.72. The topological polar surface area (TPSA) is 68.0 Å². The number of carbonyl (C=O) groups is 1. The minimum absolute atomic E-state index is 0.121. The maximum Gasteiger partial charge on any atom is 0.358 e. The van der Waals surface area contributed by atoms with E-state index in [9.17, 15) is 9.18 Å². The highest BCUT2D eigenvalue weighted by molar-refractivity contribution is 9.10. The third kappa shape index (κ3) is 2.69. The molecule has 0 saturated heterocycles. The highest BCUT2D eigenvalue weighted by Gasteiger charge is 2.22. The summed E-state index contributed by atoms with van der Waals surface area (Å²) in [6.45, 7) is 1.91. The highest BCUT2D eigenvalue weighted by Crippen LogP contribution is 2.31. The Kier molecular flexibility index (Phi) is 4.39. The second kappa shape index (κ2) is 5.88. The number of benzene rings is 1. The van der Waals surface area contributed by atoms with Gasteiger partial charge in [-0.3, -0.25) is 0 Å². The first-order valence-corrected chi connectivity index (χ1v) is 6.95. The third-order valence-corrected chi connectivity index (χ3v) is 3.54. The van der Waals surface area contributed by atoms with Gasteiger partial charge >= 0.3 is 5.97 Å². The van der Waals surface area contributed by atoms with Crippen molar-refractivity contribution in [3.63, 3.8) is 0 Å². The monoisotopic (exact) mass is 361 g/mol. The molecule has 20 heavy (non-hydrogen) atoms. The summed E-state index contributed by atoms with van der Waals surface area (Å²) in [5, 5.41) is 16.7. The van der Waals surface area contributed by atoms with Crippen LogP contribution in [0.15, 0.2) is 16.6 Å². The molecule has 2 rings (SSSR count). The predicted octanol–water partition coefficient (Wildman–Crippen LogP) is 3.47. The fourth-order valence-electron chi connectivity index (χ4n) is 1.85. The molecule has 8 heteroatoms. The smallest absolute Gasteiger partial charge is 0.358 e. The summed E-state index contributed by atoms with van der Waals surface area (Å²) in [4.78, 5) is 11.1. The fraction of sp³-hybridized carbons (Fsp3) is 0.250. The van der Waals surface area contributed by atoms with Gasteiger partial charge in [-0.05, 0) is 34.5 Å². The van der Waals surface area contributed by atoms with Crippen LogP contribution in [0.3, 0.4) is 0 Å². The van der Waals surface area contributed by atoms with Gasteiger partial charge in [-0.1, -0.05) is 30.2 Å². The molecule has 0 saturated carbocycles. The maximum absolute atomic E-state index is 13.3. The van der Waals surface area contributed by atoms with Crippen molar-refractivity contribution in [1.29, 1.82) is 0 Å². The van der Waals surface area contributed by atoms with E-state index in [1.807, 2.05) is 6.92 Å². The van der Waals surface area contributed by atoms with Crippen LogP contribution in [0.1, 0.15) is 29.5 Å². The second-order valence-corrected chi connectivity index (χ2v) is 5.33. The van der Waals surface area contributed by atoms with E-state index in [-0.39, 0.29) is 10.7 Å². The number of hydrogen-bond donors (Lipinski definition) is 1. The number of halogens is 3. The Bertz CT molecular complexity index is 652. The van der Waals surface area contributed by atoms with Gasteiger partial charge in [0.15, 0.2) is 5.69 Å². The van der Waals surface area contributed by atoms with Crippen LogP contribution in [0.5, 0.6) is 0 Å². The summed E-state index contributed by atoms with van der Waals surface area (Å²) in [6.07, 6.45) is 1.18. The molecule has 0 aliphatic rings. The van der Waals surface area contributed by atoms with E-state index in [1.54, 1.807) is 0 Å². The molecule has 5 nitrogen and oxygen atoms in total. The van der Waals surface area contributed by atoms with E-state index in [0.717, 1.165) is 6.07 Å². The lowest BCUT2D eigenvalue weighted by Gasteiger charge is -2.10. The summed E-state index contributed by atoms with van der Waals surface area (Å²) in [6, 6.07) is 2.37. The lowest BCUT2D eigenvalue weighted by atomic mass is 10.2. The van der Waals surface area contributed by atoms with Crippen molar-refractivity contribution in [3.05, 3.63) is 38.8 Å². The quantitative estimate of drug-likeness (QED) is 0.904. The first-order valence-electron chi connectivity index (χ1n) is 5.78. The van der Waals surface area contributed by atoms with Gasteiger partial charge in [-0.15, -0.1) is 5.10 Å². The minimum atomic E-state index is -1.16. The van der Waals surface area contributed by atoms with Crippen LogP contribution in [-0.2, 0) is 6.42 Å². The van der Waals surface area contributed by atoms with E-state index in [1.165, 1.54) is 10.7 Å². The Balaban J connectivity index is 2.67. The Morgan fingerprint density at radius 2 is 2.25 bits per heavy atom. The van der Waals surface area contributed by atoms with Crippen molar-refractivity contribution >= 4 is 33.5 Å². The van der Waals surface area contributed by atoms with Gasteiger partial charge < -0.3 is 5.11 Å². The van der Waals surface area contributed by atoms with Crippen molar-refractivity contribution < 1.29 is 14.3 Å². The van der Waals surface area contributed by atoms with Crippen molar-refractivity contribution in [3.8, 4) is 5.69 Å². The molecular formula is C12H10BrClFN3O2. The van der Waals surface area contributed by atoms with Crippen LogP contribution in [0, 0.1) is 5.82 Å². The Labute approximate surface area is 127 Å². The number of carboxylic acids is 1. The zero-order valence-electron chi connectivity index (χ0n) is 10.4. The van der Waals surface area contributed by atoms with E-state index in [4.69, 9.17) is 16.7 Å². The van der Waals surface area contributed by atoms with Gasteiger partial charge in [0.2, 0.25) is 0 Å². The lowest BCUT2D eigenvalue weighted by molar-refractivity contribution is 0.0689. The summed E-state index contributed by atoms with van der Waals surface area (Å²) >= 11 is 9.23. The second-order valence-electron chi connectivity index (χ2n) is 4.07. The Morgan fingerprint density at radius 1 is 1.55 bits per heavy atom. The predicted molar refractivity (Wildman–Crippen MR) is 75.0 cm³/mol. The summed E-state index contributed by atoms with van der Waals surface area (Å²) in [7, 11) is 0. The molecule has 0 spiro atoms. The largest absolute Gasteiger partial charge is 0.476 e. The van der Waals surface area contributed by atoms with Gasteiger partial charge in [0.05, 0.1) is 16.4 Å². The molecule has 1 N–H and O–H groups in total. The average molecular weight is 363 g/mol. The molecule has 0 unspecified atom stereocenters. The van der Waals surface area contributed by atoms with E-state index in [2.05, 4.69) is 26.2 Å². The van der Waals surface area contributed by atoms with Crippen molar-refractivity contribution in [2.75, 3.05) is 0 Å². The van der Waals surface area contributed by atoms with Gasteiger partial charge in [0.25, 0.3) is 0 Å². The molecule has 0 bridgehead atoms. The van der Waals surface area contributed by atoms with Gasteiger partial charge in [-0.2, -0.15) is 0 Å². The van der Waals surface area contributed by atoms with Gasteiger partial charge in [-0.25, -0.2) is 13.9 Å². The van der Waals surface area contributed by atoms with Crippen molar-refractivity contribution in [1.82, 2.24) is 15.0 Å². The SMILES string of the molecule is CCCc1c(C(=O)O)nnn1-c1c(Cl)cc(F)cc1Br. The Hall–Kier alpha value is -1.47. The summed E-state index contributed by atoms with van der Waals surface area (Å²) in [5.41, 5.74) is 0.671. The summed E-state index contributed by atoms with van der Waals surface area (Å²) in [5.74, 6) is -1.66. The molecule has 1 aromatic carbocycles. The van der Waals surface area contributed by atoms with Gasteiger partial charge in [0.1, 0.15) is 5.82 Å². The van der Waals surface area contributed by atoms with Crippen LogP contribution in [0.2, 0.25) is 5.02 Å². The molecule has 0 fully saturated rings. The lowest BCUT2D eigenvalue weighted by Crippen LogP contribution is -2.08. The standard InChI is InChI=1S/C12H10BrClFN3O2/c1-2-3-9-10(12(19)20)16-17-18(9)11-7(13)4-6(15)5-8(11)14/h4-5H,2-3H2,1H3,(H,19,20). The van der Waals surface area contributed by atoms with E-state index in [0.29, 0.717) is 28.7 Å². The number of rotatable bonds is 4. The zero-order valence-corrected chi connectivity index (χ0v) is 12.7. The van der Waals surface area contributed by atoms with Crippen LogP contribution < -0.4 is 0 Å². The van der Waals surface area contributed by atoms with E-state index >= 15 is 0 Å². The minimum Gasteiger partial charge on any atom is -0.476 e. The van der Waals surface area contributed by atoms with Crippen LogP contribution in [-0.4, -0.2) is 26.1 Å². The fourth-order valence-corrected chi connectivity index (χ4v) is 2.85. The van der Waals surface area contributed by atoms with E-state index < -0.39 is 11.8 Å². The molecule has 1 aromatic heterocycles. The molecule has 106 valence electrons. The first kappa shape index (κ1) is 14.9. The van der Waals surface area contributed by atoms with Crippen LogP contribution in [0.4, 0.5) is 4.39 Å². The number of aromatic carboxylic acids is 1. The number of hydrogen-bond acceptors (Lipinski definition) is 3. The summed E-state index contributed by atoms with van der Waals surface area (Å²) < 4.78 is 15.0. The molecule has 0 aliphatic carbocycles. The highest BCUT2D eigenvalue weighted by atomic mass is 79.9. The first-order chi connectivity index (χ1) is 9.45. The molecule has 0 aliphatic heterocycles. The molecule has 0 radical (unpaired) electrons. The number of aromatic nitrogens is 3. The maximum atomic E-state index is 13.3. The molecule has 0 atom stereocenters. The van der Waals surface area contributed by atoms with Crippen molar-refractivity contribution in [2.24, 2.45) is 0 Å². The Morgan fingerprint density at radius 3 is 2.80 bits per heavy atom. The van der Waals surface area contributed by atoms with Crippen LogP contribution >= 0.6 is 27.5 Å². The van der Waals surface area contributed by atoms with Crippen LogP contribution in [0.25, 0.3) is 5.69 Å². The molecule has 2 aromatic rings. The normalized spacial score (nSPS) is 10.8. The number of nitrogens with zero attached hydrogens (tertiary/aromatic N) is 3.